The van der Waals surface area contributed by atoms with Crippen molar-refractivity contribution < 1.29 is 18.8 Å². The lowest BCUT2D eigenvalue weighted by Gasteiger charge is -2.33. The van der Waals surface area contributed by atoms with E-state index in [1.165, 1.54) is 6.08 Å². The molecule has 2 heterocycles. The molecule has 4 rings (SSSR count). The summed E-state index contributed by atoms with van der Waals surface area (Å²) in [6.07, 6.45) is 1.35. The molecule has 0 N–H and O–H groups in total. The summed E-state index contributed by atoms with van der Waals surface area (Å²) in [6.45, 7) is 1.91. The highest BCUT2D eigenvalue weighted by Crippen LogP contribution is 2.30. The van der Waals surface area contributed by atoms with Gasteiger partial charge in [-0.1, -0.05) is 35.9 Å². The van der Waals surface area contributed by atoms with Crippen molar-refractivity contribution in [3.05, 3.63) is 88.3 Å². The Labute approximate surface area is 175 Å². The summed E-state index contributed by atoms with van der Waals surface area (Å²) in [5, 5.41) is 0. The van der Waals surface area contributed by atoms with Gasteiger partial charge in [0.15, 0.2) is 4.67 Å². The number of carbonyl (C=O) groups excluding carboxylic acids is 3. The van der Waals surface area contributed by atoms with Crippen molar-refractivity contribution in [1.82, 2.24) is 0 Å². The number of carbonyl (C=O) groups is 3. The van der Waals surface area contributed by atoms with Crippen LogP contribution in [0.1, 0.15) is 11.3 Å². The normalized spacial score (nSPS) is 16.1. The first-order valence-corrected chi connectivity index (χ1v) is 9.56. The molecule has 0 aliphatic carbocycles. The van der Waals surface area contributed by atoms with Crippen LogP contribution in [0.3, 0.4) is 0 Å². The van der Waals surface area contributed by atoms with Gasteiger partial charge in [0.2, 0.25) is 0 Å². The molecule has 1 aromatic heterocycles. The number of hydrogen-bond acceptors (Lipinski definition) is 4. The maximum Gasteiger partial charge on any atom is 0.343 e. The predicted octanol–water partition coefficient (Wildman–Crippen LogP) is 4.93. The fraction of sp³-hybridized carbons (Fsp3) is 0.0455. The lowest BCUT2D eigenvalue weighted by Crippen LogP contribution is -2.57. The summed E-state index contributed by atoms with van der Waals surface area (Å²) in [7, 11) is 0. The second kappa shape index (κ2) is 7.52. The van der Waals surface area contributed by atoms with E-state index >= 15 is 0 Å². The monoisotopic (exact) mass is 450 g/mol. The minimum atomic E-state index is -0.729. The summed E-state index contributed by atoms with van der Waals surface area (Å²) in [5.74, 6) is -1.09. The van der Waals surface area contributed by atoms with E-state index in [-0.39, 0.29) is 5.57 Å². The number of anilines is 2. The van der Waals surface area contributed by atoms with E-state index in [9.17, 15) is 14.4 Å². The Morgan fingerprint density at radius 1 is 0.793 bits per heavy atom. The fourth-order valence-electron chi connectivity index (χ4n) is 3.00. The van der Waals surface area contributed by atoms with Gasteiger partial charge in [0.1, 0.15) is 11.3 Å². The Morgan fingerprint density at radius 3 is 1.93 bits per heavy atom. The van der Waals surface area contributed by atoms with Gasteiger partial charge in [0, 0.05) is 0 Å². The zero-order chi connectivity index (χ0) is 20.5. The van der Waals surface area contributed by atoms with Gasteiger partial charge in [-0.3, -0.25) is 9.59 Å². The van der Waals surface area contributed by atoms with E-state index < -0.39 is 17.8 Å². The minimum absolute atomic E-state index is 0.170. The third-order valence-corrected chi connectivity index (χ3v) is 4.86. The molecular formula is C22H15BrN2O4. The van der Waals surface area contributed by atoms with Gasteiger partial charge >= 0.3 is 6.03 Å². The summed E-state index contributed by atoms with van der Waals surface area (Å²) in [6, 6.07) is 18.0. The second-order valence-electron chi connectivity index (χ2n) is 6.43. The fourth-order valence-corrected chi connectivity index (χ4v) is 3.32. The first kappa shape index (κ1) is 18.9. The Kier molecular flexibility index (Phi) is 4.90. The van der Waals surface area contributed by atoms with E-state index in [1.807, 2.05) is 6.92 Å². The third-order valence-electron chi connectivity index (χ3n) is 4.44. The van der Waals surface area contributed by atoms with Crippen molar-refractivity contribution >= 4 is 51.2 Å². The van der Waals surface area contributed by atoms with E-state index in [1.54, 1.807) is 66.7 Å². The van der Waals surface area contributed by atoms with Gasteiger partial charge in [0.25, 0.3) is 11.8 Å². The number of benzene rings is 2. The van der Waals surface area contributed by atoms with Gasteiger partial charge in [-0.05, 0) is 65.3 Å². The van der Waals surface area contributed by atoms with Crippen LogP contribution in [0.15, 0.2) is 81.4 Å². The molecule has 3 aromatic rings. The Balaban J connectivity index is 1.86. The molecule has 2 aromatic carbocycles. The van der Waals surface area contributed by atoms with Crippen LogP contribution < -0.4 is 9.80 Å². The minimum Gasteiger partial charge on any atom is -0.450 e. The number of halogens is 1. The van der Waals surface area contributed by atoms with Gasteiger partial charge in [0.05, 0.1) is 11.4 Å². The first-order valence-electron chi connectivity index (χ1n) is 8.77. The molecule has 1 aliphatic rings. The van der Waals surface area contributed by atoms with Crippen molar-refractivity contribution in [3.8, 4) is 0 Å². The van der Waals surface area contributed by atoms with Crippen molar-refractivity contribution in [2.24, 2.45) is 0 Å². The summed E-state index contributed by atoms with van der Waals surface area (Å²) < 4.78 is 5.89. The van der Waals surface area contributed by atoms with Crippen LogP contribution in [0.5, 0.6) is 0 Å². The van der Waals surface area contributed by atoms with E-state index in [4.69, 9.17) is 4.42 Å². The van der Waals surface area contributed by atoms with Crippen LogP contribution >= 0.6 is 15.9 Å². The van der Waals surface area contributed by atoms with Crippen molar-refractivity contribution in [2.75, 3.05) is 9.80 Å². The van der Waals surface area contributed by atoms with E-state index in [0.29, 0.717) is 21.8 Å². The average molecular weight is 451 g/mol. The zero-order valence-corrected chi connectivity index (χ0v) is 16.9. The van der Waals surface area contributed by atoms with Crippen LogP contribution in [-0.4, -0.2) is 17.8 Å². The molecular weight excluding hydrogens is 436 g/mol. The number of para-hydroxylation sites is 1. The Bertz CT molecular complexity index is 1130. The second-order valence-corrected chi connectivity index (χ2v) is 7.22. The standard InChI is InChI=1S/C22H15BrN2O4/c1-14-7-9-16(10-8-14)25-21(27)18(13-17-11-12-19(23)29-17)20(26)24(22(25)28)15-5-3-2-4-6-15/h2-13H,1H3/b18-13+. The molecule has 29 heavy (non-hydrogen) atoms. The Hall–Kier alpha value is -3.45. The summed E-state index contributed by atoms with van der Waals surface area (Å²) in [5.41, 5.74) is 1.57. The molecule has 6 nitrogen and oxygen atoms in total. The molecule has 1 saturated heterocycles. The van der Waals surface area contributed by atoms with Crippen molar-refractivity contribution in [2.45, 2.75) is 6.92 Å². The lowest BCUT2D eigenvalue weighted by atomic mass is 10.1. The molecule has 1 aliphatic heterocycles. The highest BCUT2D eigenvalue weighted by molar-refractivity contribution is 9.10. The molecule has 1 fully saturated rings. The molecule has 0 atom stereocenters. The molecule has 7 heteroatoms. The van der Waals surface area contributed by atoms with Gasteiger partial charge in [-0.25, -0.2) is 14.6 Å². The highest BCUT2D eigenvalue weighted by Gasteiger charge is 2.43. The van der Waals surface area contributed by atoms with Crippen LogP contribution in [0.25, 0.3) is 6.08 Å². The van der Waals surface area contributed by atoms with E-state index in [0.717, 1.165) is 15.4 Å². The molecule has 0 saturated carbocycles. The van der Waals surface area contributed by atoms with Crippen molar-refractivity contribution in [3.63, 3.8) is 0 Å². The quantitative estimate of drug-likeness (QED) is 0.418. The maximum absolute atomic E-state index is 13.2. The summed E-state index contributed by atoms with van der Waals surface area (Å²) >= 11 is 3.20. The topological polar surface area (TPSA) is 70.8 Å². The van der Waals surface area contributed by atoms with Gasteiger partial charge in [-0.15, -0.1) is 0 Å². The average Bonchev–Trinajstić information content (AvgIpc) is 3.12. The molecule has 0 radical (unpaired) electrons. The molecule has 144 valence electrons. The smallest absolute Gasteiger partial charge is 0.343 e. The van der Waals surface area contributed by atoms with Gasteiger partial charge in [-0.2, -0.15) is 0 Å². The number of rotatable bonds is 3. The van der Waals surface area contributed by atoms with Crippen LogP contribution in [0, 0.1) is 6.92 Å². The highest BCUT2D eigenvalue weighted by atomic mass is 79.9. The molecule has 0 spiro atoms. The number of furan rings is 1. The van der Waals surface area contributed by atoms with Crippen LogP contribution in [0.4, 0.5) is 16.2 Å². The number of hydrogen-bond donors (Lipinski definition) is 0. The largest absolute Gasteiger partial charge is 0.450 e. The number of nitrogens with zero attached hydrogens (tertiary/aromatic N) is 2. The first-order chi connectivity index (χ1) is 14.0. The number of amides is 4. The number of imide groups is 2. The molecule has 4 amide bonds. The van der Waals surface area contributed by atoms with E-state index in [2.05, 4.69) is 15.9 Å². The maximum atomic E-state index is 13.2. The zero-order valence-electron chi connectivity index (χ0n) is 15.3. The van der Waals surface area contributed by atoms with Crippen LogP contribution in [-0.2, 0) is 9.59 Å². The number of urea groups is 1. The van der Waals surface area contributed by atoms with Gasteiger partial charge < -0.3 is 4.42 Å². The lowest BCUT2D eigenvalue weighted by molar-refractivity contribution is -0.121. The predicted molar refractivity (Wildman–Crippen MR) is 112 cm³/mol. The number of aryl methyl sites for hydroxylation is 1. The van der Waals surface area contributed by atoms with Crippen LogP contribution in [0.2, 0.25) is 0 Å². The molecule has 0 bridgehead atoms. The van der Waals surface area contributed by atoms with Crippen molar-refractivity contribution in [1.29, 1.82) is 0 Å². The summed E-state index contributed by atoms with van der Waals surface area (Å²) in [4.78, 5) is 41.5. The SMILES string of the molecule is Cc1ccc(N2C(=O)/C(=C/c3ccc(Br)o3)C(=O)N(c3ccccc3)C2=O)cc1. The third kappa shape index (κ3) is 3.52. The molecule has 0 unspecified atom stereocenters. The number of barbiturate groups is 1. The Morgan fingerprint density at radius 2 is 1.38 bits per heavy atom.